The summed E-state index contributed by atoms with van der Waals surface area (Å²) in [5.41, 5.74) is 0. The Balaban J connectivity index is 2.46. The number of aliphatic hydroxyl groups excluding tert-OH is 1. The van der Waals surface area contributed by atoms with E-state index in [2.05, 4.69) is 20.4 Å². The molecule has 0 aliphatic carbocycles. The Bertz CT molecular complexity index is 308. The van der Waals surface area contributed by atoms with Crippen LogP contribution in [0.1, 0.15) is 11.9 Å². The van der Waals surface area contributed by atoms with Gasteiger partial charge >= 0.3 is 0 Å². The number of nitrogens with zero attached hydrogens (tertiary/aromatic N) is 3. The summed E-state index contributed by atoms with van der Waals surface area (Å²) in [5, 5.41) is 22.0. The highest BCUT2D eigenvalue weighted by Gasteiger charge is 2.09. The van der Waals surface area contributed by atoms with Gasteiger partial charge in [-0.3, -0.25) is 4.90 Å². The molecule has 0 bridgehead atoms. The molecule has 0 aliphatic heterocycles. The van der Waals surface area contributed by atoms with Crippen LogP contribution in [0.2, 0.25) is 0 Å². The Hall–Kier alpha value is -0.760. The molecule has 98 valence electrons. The molecule has 17 heavy (non-hydrogen) atoms. The summed E-state index contributed by atoms with van der Waals surface area (Å²) < 4.78 is 5.03. The number of anilines is 1. The SMILES string of the molecule is CCNc1nnc(CN(CCO)CCOC)s1. The third kappa shape index (κ3) is 5.40. The van der Waals surface area contributed by atoms with Crippen molar-refractivity contribution in [2.75, 3.05) is 45.3 Å². The topological polar surface area (TPSA) is 70.5 Å². The Morgan fingerprint density at radius 3 is 2.88 bits per heavy atom. The molecule has 1 aromatic rings. The largest absolute Gasteiger partial charge is 0.395 e. The van der Waals surface area contributed by atoms with Gasteiger partial charge in [0.15, 0.2) is 0 Å². The minimum Gasteiger partial charge on any atom is -0.395 e. The lowest BCUT2D eigenvalue weighted by molar-refractivity contribution is 0.126. The quantitative estimate of drug-likeness (QED) is 0.670. The minimum absolute atomic E-state index is 0.141. The van der Waals surface area contributed by atoms with Crippen LogP contribution in [0.4, 0.5) is 5.13 Å². The molecule has 2 N–H and O–H groups in total. The summed E-state index contributed by atoms with van der Waals surface area (Å²) in [6.07, 6.45) is 0. The predicted molar refractivity (Wildman–Crippen MR) is 68.3 cm³/mol. The second-order valence-corrected chi connectivity index (χ2v) is 4.59. The molecular weight excluding hydrogens is 240 g/mol. The normalized spacial score (nSPS) is 11.1. The van der Waals surface area contributed by atoms with Crippen molar-refractivity contribution in [3.05, 3.63) is 5.01 Å². The highest BCUT2D eigenvalue weighted by atomic mass is 32.1. The van der Waals surface area contributed by atoms with Gasteiger partial charge in [0.2, 0.25) is 5.13 Å². The molecule has 0 aliphatic rings. The number of rotatable bonds is 9. The van der Waals surface area contributed by atoms with E-state index in [1.165, 1.54) is 0 Å². The van der Waals surface area contributed by atoms with E-state index in [1.54, 1.807) is 18.4 Å². The van der Waals surface area contributed by atoms with Crippen LogP contribution >= 0.6 is 11.3 Å². The van der Waals surface area contributed by atoms with Crippen LogP contribution in [0.25, 0.3) is 0 Å². The molecule has 0 saturated carbocycles. The third-order valence-electron chi connectivity index (χ3n) is 2.18. The third-order valence-corrected chi connectivity index (χ3v) is 3.05. The first-order valence-corrected chi connectivity index (χ1v) is 6.50. The van der Waals surface area contributed by atoms with E-state index in [9.17, 15) is 0 Å². The molecule has 0 spiro atoms. The van der Waals surface area contributed by atoms with Gasteiger partial charge in [-0.15, -0.1) is 10.2 Å². The first-order chi connectivity index (χ1) is 8.30. The van der Waals surface area contributed by atoms with Gasteiger partial charge in [-0.1, -0.05) is 11.3 Å². The number of aliphatic hydroxyl groups is 1. The zero-order valence-electron chi connectivity index (χ0n) is 10.3. The van der Waals surface area contributed by atoms with Crippen LogP contribution in [-0.4, -0.2) is 60.2 Å². The summed E-state index contributed by atoms with van der Waals surface area (Å²) in [7, 11) is 1.67. The lowest BCUT2D eigenvalue weighted by Gasteiger charge is -2.18. The summed E-state index contributed by atoms with van der Waals surface area (Å²) in [5.74, 6) is 0. The van der Waals surface area contributed by atoms with E-state index in [-0.39, 0.29) is 6.61 Å². The molecule has 0 aromatic carbocycles. The predicted octanol–water partition coefficient (Wildman–Crippen LogP) is 0.411. The zero-order valence-corrected chi connectivity index (χ0v) is 11.2. The molecular formula is C10H20N4O2S. The lowest BCUT2D eigenvalue weighted by Crippen LogP contribution is -2.29. The van der Waals surface area contributed by atoms with E-state index in [1.807, 2.05) is 6.92 Å². The van der Waals surface area contributed by atoms with Gasteiger partial charge in [0.25, 0.3) is 0 Å². The average Bonchev–Trinajstić information content (AvgIpc) is 2.74. The number of ether oxygens (including phenoxy) is 1. The van der Waals surface area contributed by atoms with Crippen LogP contribution in [0.3, 0.4) is 0 Å². The Kier molecular flexibility index (Phi) is 7.02. The summed E-state index contributed by atoms with van der Waals surface area (Å²) in [6.45, 7) is 5.78. The maximum absolute atomic E-state index is 8.98. The average molecular weight is 260 g/mol. The van der Waals surface area contributed by atoms with Gasteiger partial charge in [-0.05, 0) is 6.92 Å². The molecule has 0 saturated heterocycles. The molecule has 1 rings (SSSR count). The molecule has 1 heterocycles. The van der Waals surface area contributed by atoms with Gasteiger partial charge < -0.3 is 15.2 Å². The van der Waals surface area contributed by atoms with E-state index in [0.29, 0.717) is 19.7 Å². The second-order valence-electron chi connectivity index (χ2n) is 3.52. The molecule has 0 atom stereocenters. The van der Waals surface area contributed by atoms with E-state index < -0.39 is 0 Å². The standard InChI is InChI=1S/C10H20N4O2S/c1-3-11-10-13-12-9(17-10)8-14(4-6-15)5-7-16-2/h15H,3-8H2,1-2H3,(H,11,13). The number of hydrogen-bond donors (Lipinski definition) is 2. The van der Waals surface area contributed by atoms with Crippen LogP contribution < -0.4 is 5.32 Å². The molecule has 6 nitrogen and oxygen atoms in total. The fraction of sp³-hybridized carbons (Fsp3) is 0.800. The molecule has 0 unspecified atom stereocenters. The van der Waals surface area contributed by atoms with Gasteiger partial charge in [-0.2, -0.15) is 0 Å². The molecule has 7 heteroatoms. The number of methoxy groups -OCH3 is 1. The highest BCUT2D eigenvalue weighted by molar-refractivity contribution is 7.15. The van der Waals surface area contributed by atoms with Crippen LogP contribution in [0.5, 0.6) is 0 Å². The maximum atomic E-state index is 8.98. The van der Waals surface area contributed by atoms with Crippen molar-refractivity contribution < 1.29 is 9.84 Å². The van der Waals surface area contributed by atoms with Gasteiger partial charge in [0, 0.05) is 26.7 Å². The summed E-state index contributed by atoms with van der Waals surface area (Å²) >= 11 is 1.55. The first-order valence-electron chi connectivity index (χ1n) is 5.68. The molecule has 0 radical (unpaired) electrons. The summed E-state index contributed by atoms with van der Waals surface area (Å²) in [6, 6.07) is 0. The zero-order chi connectivity index (χ0) is 12.5. The lowest BCUT2D eigenvalue weighted by atomic mass is 10.4. The van der Waals surface area contributed by atoms with Crippen molar-refractivity contribution in [3.8, 4) is 0 Å². The van der Waals surface area contributed by atoms with Crippen molar-refractivity contribution in [3.63, 3.8) is 0 Å². The Morgan fingerprint density at radius 1 is 1.41 bits per heavy atom. The minimum atomic E-state index is 0.141. The van der Waals surface area contributed by atoms with Crippen LogP contribution in [-0.2, 0) is 11.3 Å². The summed E-state index contributed by atoms with van der Waals surface area (Å²) in [4.78, 5) is 2.10. The van der Waals surface area contributed by atoms with Crippen molar-refractivity contribution >= 4 is 16.5 Å². The van der Waals surface area contributed by atoms with Gasteiger partial charge in [0.05, 0.1) is 19.8 Å². The smallest absolute Gasteiger partial charge is 0.205 e. The van der Waals surface area contributed by atoms with Crippen molar-refractivity contribution in [2.45, 2.75) is 13.5 Å². The fourth-order valence-electron chi connectivity index (χ4n) is 1.36. The Morgan fingerprint density at radius 2 is 2.24 bits per heavy atom. The first kappa shape index (κ1) is 14.3. The van der Waals surface area contributed by atoms with Crippen LogP contribution in [0.15, 0.2) is 0 Å². The van der Waals surface area contributed by atoms with Crippen LogP contribution in [0, 0.1) is 0 Å². The van der Waals surface area contributed by atoms with Crippen molar-refractivity contribution in [1.29, 1.82) is 0 Å². The van der Waals surface area contributed by atoms with Crippen molar-refractivity contribution in [2.24, 2.45) is 0 Å². The van der Waals surface area contributed by atoms with Gasteiger partial charge in [-0.25, -0.2) is 0 Å². The molecule has 0 fully saturated rings. The van der Waals surface area contributed by atoms with E-state index in [4.69, 9.17) is 9.84 Å². The maximum Gasteiger partial charge on any atom is 0.205 e. The number of hydrogen-bond acceptors (Lipinski definition) is 7. The van der Waals surface area contributed by atoms with Gasteiger partial charge in [0.1, 0.15) is 5.01 Å². The highest BCUT2D eigenvalue weighted by Crippen LogP contribution is 2.16. The van der Waals surface area contributed by atoms with E-state index in [0.717, 1.165) is 23.2 Å². The van der Waals surface area contributed by atoms with E-state index >= 15 is 0 Å². The molecule has 0 amide bonds. The Labute approximate surface area is 106 Å². The monoisotopic (exact) mass is 260 g/mol. The number of nitrogens with one attached hydrogen (secondary N) is 1. The second kappa shape index (κ2) is 8.35. The van der Waals surface area contributed by atoms with Crippen molar-refractivity contribution in [1.82, 2.24) is 15.1 Å². The fourth-order valence-corrected chi connectivity index (χ4v) is 2.21. The molecule has 1 aromatic heterocycles. The number of aromatic nitrogens is 2.